The van der Waals surface area contributed by atoms with Gasteiger partial charge in [0.15, 0.2) is 0 Å². The molecule has 1 aliphatic rings. The first-order valence-corrected chi connectivity index (χ1v) is 6.53. The van der Waals surface area contributed by atoms with Crippen molar-refractivity contribution in [2.45, 2.75) is 31.8 Å². The minimum Gasteiger partial charge on any atom is -0.473 e. The van der Waals surface area contributed by atoms with Gasteiger partial charge in [0.1, 0.15) is 11.1 Å². The van der Waals surface area contributed by atoms with Gasteiger partial charge in [0.25, 0.3) is 0 Å². The van der Waals surface area contributed by atoms with Crippen molar-refractivity contribution in [3.05, 3.63) is 22.3 Å². The molecular weight excluding hydrogens is 261 g/mol. The van der Waals surface area contributed by atoms with E-state index < -0.39 is 0 Å². The maximum Gasteiger partial charge on any atom is 0.232 e. The highest BCUT2D eigenvalue weighted by Crippen LogP contribution is 2.30. The Hall–Kier alpha value is -0.510. The zero-order valence-corrected chi connectivity index (χ0v) is 10.9. The fourth-order valence-electron chi connectivity index (χ4n) is 2.08. The van der Waals surface area contributed by atoms with Crippen molar-refractivity contribution in [3.8, 4) is 5.88 Å². The standard InChI is InChI=1S/C12H15Cl2NO2/c13-9-5-11(14)12(15-6-9)17-10-3-1-8(7-16)2-4-10/h5-6,8,10,16H,1-4,7H2. The van der Waals surface area contributed by atoms with Crippen molar-refractivity contribution in [2.75, 3.05) is 6.61 Å². The fourth-order valence-corrected chi connectivity index (χ4v) is 2.50. The zero-order valence-electron chi connectivity index (χ0n) is 9.40. The largest absolute Gasteiger partial charge is 0.473 e. The molecule has 0 unspecified atom stereocenters. The summed E-state index contributed by atoms with van der Waals surface area (Å²) in [5, 5.41) is 10.0. The van der Waals surface area contributed by atoms with Crippen LogP contribution in [0.4, 0.5) is 0 Å². The summed E-state index contributed by atoms with van der Waals surface area (Å²) in [7, 11) is 0. The van der Waals surface area contributed by atoms with Gasteiger partial charge in [0.05, 0.1) is 5.02 Å². The number of aliphatic hydroxyl groups is 1. The van der Waals surface area contributed by atoms with E-state index in [0.29, 0.717) is 21.8 Å². The Balaban J connectivity index is 1.93. The highest BCUT2D eigenvalue weighted by atomic mass is 35.5. The number of ether oxygens (including phenoxy) is 1. The van der Waals surface area contributed by atoms with E-state index in [4.69, 9.17) is 33.0 Å². The molecule has 0 aliphatic heterocycles. The predicted molar refractivity (Wildman–Crippen MR) is 67.7 cm³/mol. The lowest BCUT2D eigenvalue weighted by Gasteiger charge is -2.27. The van der Waals surface area contributed by atoms with Crippen LogP contribution in [0.15, 0.2) is 12.3 Å². The van der Waals surface area contributed by atoms with E-state index in [1.807, 2.05) is 0 Å². The average molecular weight is 276 g/mol. The van der Waals surface area contributed by atoms with Crippen LogP contribution in [-0.2, 0) is 0 Å². The van der Waals surface area contributed by atoms with Crippen LogP contribution in [-0.4, -0.2) is 22.8 Å². The fraction of sp³-hybridized carbons (Fsp3) is 0.583. The summed E-state index contributed by atoms with van der Waals surface area (Å²) in [5.74, 6) is 0.868. The Morgan fingerprint density at radius 3 is 2.59 bits per heavy atom. The molecule has 0 radical (unpaired) electrons. The van der Waals surface area contributed by atoms with Gasteiger partial charge in [-0.3, -0.25) is 0 Å². The number of rotatable bonds is 3. The number of hydrogen-bond donors (Lipinski definition) is 1. The van der Waals surface area contributed by atoms with Crippen LogP contribution in [0.3, 0.4) is 0 Å². The molecule has 0 atom stereocenters. The topological polar surface area (TPSA) is 42.4 Å². The molecule has 1 aromatic rings. The molecule has 0 spiro atoms. The van der Waals surface area contributed by atoms with E-state index in [-0.39, 0.29) is 12.7 Å². The first-order chi connectivity index (χ1) is 8.19. The number of halogens is 2. The maximum atomic E-state index is 9.05. The van der Waals surface area contributed by atoms with Crippen LogP contribution in [0, 0.1) is 5.92 Å². The van der Waals surface area contributed by atoms with E-state index in [2.05, 4.69) is 4.98 Å². The molecule has 1 N–H and O–H groups in total. The molecule has 1 fully saturated rings. The normalized spacial score (nSPS) is 24.6. The van der Waals surface area contributed by atoms with E-state index in [0.717, 1.165) is 25.7 Å². The van der Waals surface area contributed by atoms with Crippen molar-refractivity contribution in [3.63, 3.8) is 0 Å². The summed E-state index contributed by atoms with van der Waals surface area (Å²) in [5.41, 5.74) is 0. The van der Waals surface area contributed by atoms with Crippen molar-refractivity contribution in [2.24, 2.45) is 5.92 Å². The number of pyridine rings is 1. The van der Waals surface area contributed by atoms with Crippen molar-refractivity contribution >= 4 is 23.2 Å². The molecule has 1 heterocycles. The number of aromatic nitrogens is 1. The third kappa shape index (κ3) is 3.47. The molecule has 94 valence electrons. The number of hydrogen-bond acceptors (Lipinski definition) is 3. The lowest BCUT2D eigenvalue weighted by atomic mass is 9.88. The first kappa shape index (κ1) is 12.9. The van der Waals surface area contributed by atoms with Crippen LogP contribution in [0.25, 0.3) is 0 Å². The molecule has 0 bridgehead atoms. The molecule has 2 rings (SSSR count). The lowest BCUT2D eigenvalue weighted by Crippen LogP contribution is -2.25. The van der Waals surface area contributed by atoms with Gasteiger partial charge in [-0.15, -0.1) is 0 Å². The second-order valence-electron chi connectivity index (χ2n) is 4.38. The Bertz CT molecular complexity index is 379. The van der Waals surface area contributed by atoms with Crippen molar-refractivity contribution in [1.82, 2.24) is 4.98 Å². The van der Waals surface area contributed by atoms with Crippen LogP contribution < -0.4 is 4.74 Å². The van der Waals surface area contributed by atoms with Crippen LogP contribution in [0.2, 0.25) is 10.0 Å². The second kappa shape index (κ2) is 5.89. The lowest BCUT2D eigenvalue weighted by molar-refractivity contribution is 0.101. The zero-order chi connectivity index (χ0) is 12.3. The van der Waals surface area contributed by atoms with Gasteiger partial charge in [0, 0.05) is 12.8 Å². The molecule has 5 heteroatoms. The summed E-state index contributed by atoms with van der Waals surface area (Å²) in [6.45, 7) is 0.271. The number of aliphatic hydroxyl groups excluding tert-OH is 1. The minimum atomic E-state index is 0.143. The molecule has 0 amide bonds. The number of nitrogens with zero attached hydrogens (tertiary/aromatic N) is 1. The summed E-state index contributed by atoms with van der Waals surface area (Å²) in [6.07, 6.45) is 5.53. The van der Waals surface area contributed by atoms with Crippen molar-refractivity contribution in [1.29, 1.82) is 0 Å². The Kier molecular flexibility index (Phi) is 4.48. The summed E-state index contributed by atoms with van der Waals surface area (Å²) < 4.78 is 5.75. The highest BCUT2D eigenvalue weighted by Gasteiger charge is 2.22. The Morgan fingerprint density at radius 1 is 1.29 bits per heavy atom. The van der Waals surface area contributed by atoms with Crippen LogP contribution in [0.5, 0.6) is 5.88 Å². The van der Waals surface area contributed by atoms with Gasteiger partial charge in [-0.25, -0.2) is 4.98 Å². The molecule has 17 heavy (non-hydrogen) atoms. The van der Waals surface area contributed by atoms with Gasteiger partial charge in [-0.05, 0) is 37.7 Å². The molecule has 0 saturated heterocycles. The third-order valence-corrected chi connectivity index (χ3v) is 3.58. The summed E-state index contributed by atoms with van der Waals surface area (Å²) >= 11 is 11.8. The Morgan fingerprint density at radius 2 is 2.00 bits per heavy atom. The molecular formula is C12H15Cl2NO2. The van der Waals surface area contributed by atoms with Gasteiger partial charge < -0.3 is 9.84 Å². The Labute approximate surface area is 111 Å². The van der Waals surface area contributed by atoms with Gasteiger partial charge in [0.2, 0.25) is 5.88 Å². The minimum absolute atomic E-state index is 0.143. The van der Waals surface area contributed by atoms with E-state index >= 15 is 0 Å². The molecule has 1 saturated carbocycles. The van der Waals surface area contributed by atoms with E-state index in [9.17, 15) is 0 Å². The van der Waals surface area contributed by atoms with Crippen molar-refractivity contribution < 1.29 is 9.84 Å². The molecule has 1 aliphatic carbocycles. The SMILES string of the molecule is OCC1CCC(Oc2ncc(Cl)cc2Cl)CC1. The smallest absolute Gasteiger partial charge is 0.232 e. The first-order valence-electron chi connectivity index (χ1n) is 5.77. The summed E-state index contributed by atoms with van der Waals surface area (Å²) in [6, 6.07) is 1.63. The van der Waals surface area contributed by atoms with E-state index in [1.54, 1.807) is 6.07 Å². The molecule has 1 aromatic heterocycles. The van der Waals surface area contributed by atoms with Gasteiger partial charge in [-0.1, -0.05) is 23.2 Å². The molecule has 3 nitrogen and oxygen atoms in total. The maximum absolute atomic E-state index is 9.05. The van der Waals surface area contributed by atoms with Gasteiger partial charge in [-0.2, -0.15) is 0 Å². The van der Waals surface area contributed by atoms with Crippen LogP contribution in [0.1, 0.15) is 25.7 Å². The average Bonchev–Trinajstić information content (AvgIpc) is 2.34. The summed E-state index contributed by atoms with van der Waals surface area (Å²) in [4.78, 5) is 4.08. The second-order valence-corrected chi connectivity index (χ2v) is 5.23. The predicted octanol–water partition coefficient (Wildman–Crippen LogP) is 3.32. The quantitative estimate of drug-likeness (QED) is 0.920. The van der Waals surface area contributed by atoms with E-state index in [1.165, 1.54) is 6.20 Å². The van der Waals surface area contributed by atoms with Crippen LogP contribution >= 0.6 is 23.2 Å². The third-order valence-electron chi connectivity index (χ3n) is 3.10. The molecule has 0 aromatic carbocycles. The monoisotopic (exact) mass is 275 g/mol. The highest BCUT2D eigenvalue weighted by molar-refractivity contribution is 6.35. The van der Waals surface area contributed by atoms with Gasteiger partial charge >= 0.3 is 0 Å².